The maximum atomic E-state index is 5.97. The zero-order valence-corrected chi connectivity index (χ0v) is 8.83. The highest BCUT2D eigenvalue weighted by atomic mass is 35.5. The van der Waals surface area contributed by atoms with Gasteiger partial charge in [0.1, 0.15) is 6.33 Å². The second-order valence-corrected chi connectivity index (χ2v) is 4.13. The molecule has 0 unspecified atom stereocenters. The van der Waals surface area contributed by atoms with Crippen LogP contribution >= 0.6 is 11.6 Å². The predicted molar refractivity (Wildman–Crippen MR) is 59.9 cm³/mol. The molecule has 3 rings (SSSR count). The van der Waals surface area contributed by atoms with E-state index in [-0.39, 0.29) is 0 Å². The fourth-order valence-corrected chi connectivity index (χ4v) is 2.25. The van der Waals surface area contributed by atoms with E-state index in [1.54, 1.807) is 6.33 Å². The Hall–Kier alpha value is -1.41. The average Bonchev–Trinajstić information content (AvgIpc) is 2.28. The van der Waals surface area contributed by atoms with E-state index in [1.165, 1.54) is 16.7 Å². The SMILES string of the molecule is Clc1ccc2c(c1)CCc1cncnc1-2. The molecule has 2 nitrogen and oxygen atoms in total. The van der Waals surface area contributed by atoms with Gasteiger partial charge in [-0.1, -0.05) is 17.7 Å². The fraction of sp³-hybridized carbons (Fsp3) is 0.167. The molecule has 0 fully saturated rings. The third-order valence-corrected chi connectivity index (χ3v) is 3.01. The molecule has 2 aromatic rings. The molecule has 0 saturated heterocycles. The quantitative estimate of drug-likeness (QED) is 0.677. The molecule has 0 aliphatic heterocycles. The Labute approximate surface area is 93.0 Å². The van der Waals surface area contributed by atoms with Crippen LogP contribution in [0.4, 0.5) is 0 Å². The van der Waals surface area contributed by atoms with Gasteiger partial charge in [0.25, 0.3) is 0 Å². The summed E-state index contributed by atoms with van der Waals surface area (Å²) >= 11 is 5.97. The first kappa shape index (κ1) is 8.86. The highest BCUT2D eigenvalue weighted by Crippen LogP contribution is 2.32. The van der Waals surface area contributed by atoms with Gasteiger partial charge in [-0.15, -0.1) is 0 Å². The maximum Gasteiger partial charge on any atom is 0.116 e. The van der Waals surface area contributed by atoms with Crippen molar-refractivity contribution < 1.29 is 0 Å². The van der Waals surface area contributed by atoms with Crippen molar-refractivity contribution in [2.75, 3.05) is 0 Å². The maximum absolute atomic E-state index is 5.97. The van der Waals surface area contributed by atoms with E-state index >= 15 is 0 Å². The molecule has 1 aliphatic carbocycles. The van der Waals surface area contributed by atoms with E-state index in [1.807, 2.05) is 24.4 Å². The summed E-state index contributed by atoms with van der Waals surface area (Å²) in [5, 5.41) is 0.797. The minimum Gasteiger partial charge on any atom is -0.244 e. The molecule has 0 amide bonds. The first-order valence-corrected chi connectivity index (χ1v) is 5.30. The lowest BCUT2D eigenvalue weighted by atomic mass is 9.90. The number of hydrogen-bond acceptors (Lipinski definition) is 2. The van der Waals surface area contributed by atoms with Crippen molar-refractivity contribution in [2.45, 2.75) is 12.8 Å². The molecule has 1 aliphatic rings. The summed E-state index contributed by atoms with van der Waals surface area (Å²) in [4.78, 5) is 8.39. The number of hydrogen-bond donors (Lipinski definition) is 0. The Morgan fingerprint density at radius 3 is 2.93 bits per heavy atom. The molecule has 0 N–H and O–H groups in total. The number of fused-ring (bicyclic) bond motifs is 3. The number of aromatic nitrogens is 2. The summed E-state index contributed by atoms with van der Waals surface area (Å²) < 4.78 is 0. The number of aryl methyl sites for hydroxylation is 2. The van der Waals surface area contributed by atoms with Crippen LogP contribution in [0.15, 0.2) is 30.7 Å². The molecule has 0 saturated carbocycles. The summed E-state index contributed by atoms with van der Waals surface area (Å²) in [6, 6.07) is 5.99. The van der Waals surface area contributed by atoms with Gasteiger partial charge < -0.3 is 0 Å². The summed E-state index contributed by atoms with van der Waals surface area (Å²) in [6.45, 7) is 0. The summed E-state index contributed by atoms with van der Waals surface area (Å²) in [5.41, 5.74) is 4.77. The second-order valence-electron chi connectivity index (χ2n) is 3.70. The molecule has 1 heterocycles. The number of benzene rings is 1. The molecule has 1 aromatic heterocycles. The Morgan fingerprint density at radius 1 is 1.13 bits per heavy atom. The molecular weight excluding hydrogens is 208 g/mol. The van der Waals surface area contributed by atoms with Crippen molar-refractivity contribution in [3.8, 4) is 11.3 Å². The van der Waals surface area contributed by atoms with Crippen molar-refractivity contribution in [3.05, 3.63) is 46.9 Å². The third kappa shape index (κ3) is 1.41. The lowest BCUT2D eigenvalue weighted by Gasteiger charge is -2.17. The van der Waals surface area contributed by atoms with Gasteiger partial charge >= 0.3 is 0 Å². The van der Waals surface area contributed by atoms with Crippen molar-refractivity contribution in [3.63, 3.8) is 0 Å². The van der Waals surface area contributed by atoms with Crippen molar-refractivity contribution in [1.29, 1.82) is 0 Å². The predicted octanol–water partition coefficient (Wildman–Crippen LogP) is 2.90. The Bertz CT molecular complexity index is 523. The van der Waals surface area contributed by atoms with Crippen LogP contribution in [0.1, 0.15) is 11.1 Å². The van der Waals surface area contributed by atoms with Gasteiger partial charge in [0.15, 0.2) is 0 Å². The average molecular weight is 217 g/mol. The van der Waals surface area contributed by atoms with Crippen LogP contribution in [0.5, 0.6) is 0 Å². The van der Waals surface area contributed by atoms with E-state index in [0.717, 1.165) is 23.6 Å². The molecule has 0 bridgehead atoms. The summed E-state index contributed by atoms with van der Waals surface area (Å²) in [7, 11) is 0. The van der Waals surface area contributed by atoms with E-state index in [2.05, 4.69) is 9.97 Å². The Morgan fingerprint density at radius 2 is 2.00 bits per heavy atom. The molecule has 3 heteroatoms. The minimum atomic E-state index is 0.797. The van der Waals surface area contributed by atoms with Gasteiger partial charge in [0.2, 0.25) is 0 Å². The van der Waals surface area contributed by atoms with Crippen LogP contribution in [0.2, 0.25) is 5.02 Å². The van der Waals surface area contributed by atoms with Crippen LogP contribution in [-0.4, -0.2) is 9.97 Å². The van der Waals surface area contributed by atoms with Crippen LogP contribution < -0.4 is 0 Å². The smallest absolute Gasteiger partial charge is 0.116 e. The number of halogens is 1. The third-order valence-electron chi connectivity index (χ3n) is 2.77. The van der Waals surface area contributed by atoms with Gasteiger partial charge in [0.05, 0.1) is 5.69 Å². The highest BCUT2D eigenvalue weighted by Gasteiger charge is 2.16. The Balaban J connectivity index is 2.26. The van der Waals surface area contributed by atoms with Gasteiger partial charge in [-0.2, -0.15) is 0 Å². The van der Waals surface area contributed by atoms with Crippen LogP contribution in [0.3, 0.4) is 0 Å². The largest absolute Gasteiger partial charge is 0.244 e. The monoisotopic (exact) mass is 216 g/mol. The Kier molecular flexibility index (Phi) is 1.96. The summed E-state index contributed by atoms with van der Waals surface area (Å²) in [6.07, 6.45) is 5.53. The van der Waals surface area contributed by atoms with E-state index < -0.39 is 0 Å². The summed E-state index contributed by atoms with van der Waals surface area (Å²) in [5.74, 6) is 0. The molecule has 0 spiro atoms. The van der Waals surface area contributed by atoms with Crippen LogP contribution in [-0.2, 0) is 12.8 Å². The van der Waals surface area contributed by atoms with Crippen LogP contribution in [0.25, 0.3) is 11.3 Å². The van der Waals surface area contributed by atoms with Crippen molar-refractivity contribution >= 4 is 11.6 Å². The zero-order valence-electron chi connectivity index (χ0n) is 8.07. The van der Waals surface area contributed by atoms with Gasteiger partial charge in [-0.3, -0.25) is 0 Å². The lowest BCUT2D eigenvalue weighted by Crippen LogP contribution is -2.05. The van der Waals surface area contributed by atoms with E-state index in [0.29, 0.717) is 0 Å². The zero-order chi connectivity index (χ0) is 10.3. The molecule has 15 heavy (non-hydrogen) atoms. The second kappa shape index (κ2) is 3.31. The highest BCUT2D eigenvalue weighted by molar-refractivity contribution is 6.30. The van der Waals surface area contributed by atoms with E-state index in [9.17, 15) is 0 Å². The normalized spacial score (nSPS) is 13.1. The molecule has 74 valence electrons. The van der Waals surface area contributed by atoms with Gasteiger partial charge in [0, 0.05) is 16.8 Å². The number of rotatable bonds is 0. The van der Waals surface area contributed by atoms with Gasteiger partial charge in [-0.05, 0) is 36.1 Å². The topological polar surface area (TPSA) is 25.8 Å². The molecule has 1 aromatic carbocycles. The standard InChI is InChI=1S/C12H9ClN2/c13-10-3-4-11-8(5-10)1-2-9-6-14-7-15-12(9)11/h3-7H,1-2H2. The lowest BCUT2D eigenvalue weighted by molar-refractivity contribution is 0.910. The molecular formula is C12H9ClN2. The van der Waals surface area contributed by atoms with Crippen molar-refractivity contribution in [1.82, 2.24) is 9.97 Å². The molecule has 0 atom stereocenters. The first-order chi connectivity index (χ1) is 7.34. The van der Waals surface area contributed by atoms with Crippen LogP contribution in [0, 0.1) is 0 Å². The number of nitrogens with zero attached hydrogens (tertiary/aromatic N) is 2. The minimum absolute atomic E-state index is 0.797. The van der Waals surface area contributed by atoms with E-state index in [4.69, 9.17) is 11.6 Å². The fourth-order valence-electron chi connectivity index (χ4n) is 2.05. The van der Waals surface area contributed by atoms with Gasteiger partial charge in [-0.25, -0.2) is 9.97 Å². The molecule has 0 radical (unpaired) electrons. The first-order valence-electron chi connectivity index (χ1n) is 4.92. The van der Waals surface area contributed by atoms with Crippen molar-refractivity contribution in [2.24, 2.45) is 0 Å².